The quantitative estimate of drug-likeness (QED) is 0.749. The molecule has 0 aliphatic carbocycles. The molecule has 1 unspecified atom stereocenters. The number of hydrogen-bond donors (Lipinski definition) is 2. The lowest BCUT2D eigenvalue weighted by Crippen LogP contribution is -2.16. The van der Waals surface area contributed by atoms with E-state index in [4.69, 9.17) is 0 Å². The van der Waals surface area contributed by atoms with Gasteiger partial charge in [-0.15, -0.1) is 0 Å². The van der Waals surface area contributed by atoms with Gasteiger partial charge in [0.1, 0.15) is 11.9 Å². The van der Waals surface area contributed by atoms with Crippen molar-refractivity contribution in [2.45, 2.75) is 25.6 Å². The maximum Gasteiger partial charge on any atom is 0.123 e. The van der Waals surface area contributed by atoms with Crippen LogP contribution in [0.25, 0.3) is 0 Å². The Morgan fingerprint density at radius 1 is 1.23 bits per heavy atom. The summed E-state index contributed by atoms with van der Waals surface area (Å²) >= 11 is 0. The molecule has 0 saturated carbocycles. The van der Waals surface area contributed by atoms with E-state index in [0.29, 0.717) is 12.0 Å². The number of benzene rings is 1. The summed E-state index contributed by atoms with van der Waals surface area (Å²) in [4.78, 5) is 0. The van der Waals surface area contributed by atoms with Crippen LogP contribution in [-0.4, -0.2) is 16.3 Å². The summed E-state index contributed by atoms with van der Waals surface area (Å²) in [7, 11) is 0. The highest BCUT2D eigenvalue weighted by molar-refractivity contribution is 5.19. The maximum absolute atomic E-state index is 12.5. The SMILES string of the molecule is CCC(O)[C@H](O)c1ccc(F)cc1. The molecule has 0 aliphatic heterocycles. The first kappa shape index (κ1) is 10.2. The molecule has 1 aromatic carbocycles. The molecule has 0 heterocycles. The van der Waals surface area contributed by atoms with Gasteiger partial charge < -0.3 is 10.2 Å². The highest BCUT2D eigenvalue weighted by Crippen LogP contribution is 2.18. The fraction of sp³-hybridized carbons (Fsp3) is 0.400. The average molecular weight is 184 g/mol. The van der Waals surface area contributed by atoms with E-state index < -0.39 is 12.2 Å². The van der Waals surface area contributed by atoms with Crippen LogP contribution in [0.15, 0.2) is 24.3 Å². The molecule has 0 saturated heterocycles. The van der Waals surface area contributed by atoms with Crippen LogP contribution in [0.4, 0.5) is 4.39 Å². The molecule has 0 fully saturated rings. The van der Waals surface area contributed by atoms with E-state index in [1.807, 2.05) is 0 Å². The standard InChI is InChI=1S/C10H13FO2/c1-2-9(12)10(13)7-3-5-8(11)6-4-7/h3-6,9-10,12-13H,2H2,1H3/t9?,10-/m1/s1. The zero-order valence-corrected chi connectivity index (χ0v) is 7.44. The number of halogens is 1. The lowest BCUT2D eigenvalue weighted by molar-refractivity contribution is 0.0164. The van der Waals surface area contributed by atoms with E-state index in [-0.39, 0.29) is 5.82 Å². The van der Waals surface area contributed by atoms with Crippen molar-refractivity contribution in [3.63, 3.8) is 0 Å². The molecule has 2 nitrogen and oxygen atoms in total. The van der Waals surface area contributed by atoms with Gasteiger partial charge in [-0.3, -0.25) is 0 Å². The van der Waals surface area contributed by atoms with Gasteiger partial charge in [0.2, 0.25) is 0 Å². The summed E-state index contributed by atoms with van der Waals surface area (Å²) in [5, 5.41) is 18.8. The Bertz CT molecular complexity index is 258. The van der Waals surface area contributed by atoms with Crippen molar-refractivity contribution in [1.29, 1.82) is 0 Å². The van der Waals surface area contributed by atoms with Crippen molar-refractivity contribution in [2.75, 3.05) is 0 Å². The number of rotatable bonds is 3. The molecule has 72 valence electrons. The highest BCUT2D eigenvalue weighted by Gasteiger charge is 2.15. The van der Waals surface area contributed by atoms with E-state index in [0.717, 1.165) is 0 Å². The average Bonchev–Trinajstić information content (AvgIpc) is 2.17. The van der Waals surface area contributed by atoms with E-state index in [1.54, 1.807) is 6.92 Å². The first-order chi connectivity index (χ1) is 6.15. The zero-order valence-electron chi connectivity index (χ0n) is 7.44. The summed E-state index contributed by atoms with van der Waals surface area (Å²) in [5.41, 5.74) is 0.538. The minimum Gasteiger partial charge on any atom is -0.390 e. The normalized spacial score (nSPS) is 15.4. The van der Waals surface area contributed by atoms with Crippen LogP contribution in [0.3, 0.4) is 0 Å². The Labute approximate surface area is 76.6 Å². The second-order valence-electron chi connectivity index (χ2n) is 2.97. The van der Waals surface area contributed by atoms with Crippen molar-refractivity contribution < 1.29 is 14.6 Å². The Morgan fingerprint density at radius 2 is 1.77 bits per heavy atom. The molecule has 0 amide bonds. The van der Waals surface area contributed by atoms with Gasteiger partial charge in [-0.05, 0) is 24.1 Å². The molecule has 2 atom stereocenters. The summed E-state index contributed by atoms with van der Waals surface area (Å²) in [6, 6.07) is 5.47. The molecule has 2 N–H and O–H groups in total. The molecule has 0 bridgehead atoms. The minimum atomic E-state index is -0.925. The second kappa shape index (κ2) is 4.35. The topological polar surface area (TPSA) is 40.5 Å². The molecule has 0 aliphatic rings. The van der Waals surface area contributed by atoms with Crippen molar-refractivity contribution in [3.8, 4) is 0 Å². The fourth-order valence-corrected chi connectivity index (χ4v) is 1.11. The number of aliphatic hydroxyl groups excluding tert-OH is 2. The Kier molecular flexibility index (Phi) is 3.39. The number of hydrogen-bond acceptors (Lipinski definition) is 2. The van der Waals surface area contributed by atoms with Gasteiger partial charge in [-0.2, -0.15) is 0 Å². The molecule has 0 radical (unpaired) electrons. The second-order valence-corrected chi connectivity index (χ2v) is 2.97. The zero-order chi connectivity index (χ0) is 9.84. The third kappa shape index (κ3) is 2.50. The van der Waals surface area contributed by atoms with Gasteiger partial charge in [-0.25, -0.2) is 4.39 Å². The third-order valence-corrected chi connectivity index (χ3v) is 1.99. The summed E-state index contributed by atoms with van der Waals surface area (Å²) in [6.07, 6.45) is -1.24. The molecule has 0 aromatic heterocycles. The largest absolute Gasteiger partial charge is 0.390 e. The van der Waals surface area contributed by atoms with E-state index in [2.05, 4.69) is 0 Å². The molecular weight excluding hydrogens is 171 g/mol. The van der Waals surface area contributed by atoms with E-state index in [1.165, 1.54) is 24.3 Å². The van der Waals surface area contributed by atoms with Crippen molar-refractivity contribution in [2.24, 2.45) is 0 Å². The summed E-state index contributed by atoms with van der Waals surface area (Å²) in [5.74, 6) is -0.345. The number of aliphatic hydroxyl groups is 2. The maximum atomic E-state index is 12.5. The Morgan fingerprint density at radius 3 is 2.23 bits per heavy atom. The van der Waals surface area contributed by atoms with Crippen LogP contribution in [0.1, 0.15) is 25.0 Å². The molecule has 1 aromatic rings. The Hall–Kier alpha value is -0.930. The highest BCUT2D eigenvalue weighted by atomic mass is 19.1. The van der Waals surface area contributed by atoms with Gasteiger partial charge in [0.15, 0.2) is 0 Å². The smallest absolute Gasteiger partial charge is 0.123 e. The van der Waals surface area contributed by atoms with Crippen LogP contribution in [0.2, 0.25) is 0 Å². The molecule has 0 spiro atoms. The van der Waals surface area contributed by atoms with Crippen molar-refractivity contribution in [3.05, 3.63) is 35.6 Å². The monoisotopic (exact) mass is 184 g/mol. The van der Waals surface area contributed by atoms with Gasteiger partial charge in [-0.1, -0.05) is 19.1 Å². The molecular formula is C10H13FO2. The van der Waals surface area contributed by atoms with Gasteiger partial charge in [0.25, 0.3) is 0 Å². The molecule has 1 rings (SSSR count). The molecule has 3 heteroatoms. The lowest BCUT2D eigenvalue weighted by Gasteiger charge is -2.16. The first-order valence-electron chi connectivity index (χ1n) is 4.26. The van der Waals surface area contributed by atoms with Crippen molar-refractivity contribution in [1.82, 2.24) is 0 Å². The lowest BCUT2D eigenvalue weighted by atomic mass is 10.0. The minimum absolute atomic E-state index is 0.345. The van der Waals surface area contributed by atoms with Gasteiger partial charge in [0.05, 0.1) is 6.10 Å². The first-order valence-corrected chi connectivity index (χ1v) is 4.26. The van der Waals surface area contributed by atoms with Crippen LogP contribution in [0, 0.1) is 5.82 Å². The van der Waals surface area contributed by atoms with E-state index >= 15 is 0 Å². The Balaban J connectivity index is 2.77. The predicted molar refractivity (Wildman–Crippen MR) is 47.7 cm³/mol. The fourth-order valence-electron chi connectivity index (χ4n) is 1.11. The molecule has 13 heavy (non-hydrogen) atoms. The van der Waals surface area contributed by atoms with E-state index in [9.17, 15) is 14.6 Å². The van der Waals surface area contributed by atoms with Crippen LogP contribution >= 0.6 is 0 Å². The van der Waals surface area contributed by atoms with Gasteiger partial charge >= 0.3 is 0 Å². The van der Waals surface area contributed by atoms with Gasteiger partial charge in [0, 0.05) is 0 Å². The van der Waals surface area contributed by atoms with Crippen LogP contribution < -0.4 is 0 Å². The predicted octanol–water partition coefficient (Wildman–Crippen LogP) is 1.63. The summed E-state index contributed by atoms with van der Waals surface area (Å²) < 4.78 is 12.5. The van der Waals surface area contributed by atoms with Crippen LogP contribution in [0.5, 0.6) is 0 Å². The third-order valence-electron chi connectivity index (χ3n) is 1.99. The van der Waals surface area contributed by atoms with Crippen molar-refractivity contribution >= 4 is 0 Å². The summed E-state index contributed by atoms with van der Waals surface area (Å²) in [6.45, 7) is 1.78. The van der Waals surface area contributed by atoms with Crippen LogP contribution in [-0.2, 0) is 0 Å².